The number of hydrogen-bond acceptors (Lipinski definition) is 4. The lowest BCUT2D eigenvalue weighted by atomic mass is 10.2. The van der Waals surface area contributed by atoms with Gasteiger partial charge in [0.15, 0.2) is 0 Å². The molecule has 1 aliphatic rings. The highest BCUT2D eigenvalue weighted by Crippen LogP contribution is 2.16. The zero-order valence-corrected chi connectivity index (χ0v) is 14.8. The van der Waals surface area contributed by atoms with Crippen molar-refractivity contribution in [2.24, 2.45) is 0 Å². The number of benzene rings is 1. The molecule has 5 nitrogen and oxygen atoms in total. The maximum atomic E-state index is 12.5. The first-order valence-corrected chi connectivity index (χ1v) is 8.35. The lowest BCUT2D eigenvalue weighted by molar-refractivity contribution is -0.136. The predicted octanol–water partition coefficient (Wildman–Crippen LogP) is 1.47. The van der Waals surface area contributed by atoms with Gasteiger partial charge in [0.2, 0.25) is 5.91 Å². The summed E-state index contributed by atoms with van der Waals surface area (Å²) in [5.41, 5.74) is 1.12. The Bertz CT molecular complexity index is 513. The molecular weight excluding hydrogens is 290 g/mol. The summed E-state index contributed by atoms with van der Waals surface area (Å²) in [6.07, 6.45) is 0. The zero-order chi connectivity index (χ0) is 16.8. The lowest BCUT2D eigenvalue weighted by Crippen LogP contribution is -2.53. The molecular formula is C18H29N3O2. The van der Waals surface area contributed by atoms with Crippen LogP contribution in [0.15, 0.2) is 24.3 Å². The van der Waals surface area contributed by atoms with Gasteiger partial charge >= 0.3 is 0 Å². The topological polar surface area (TPSA) is 36.0 Å². The molecule has 2 rings (SSSR count). The van der Waals surface area contributed by atoms with Crippen molar-refractivity contribution in [3.63, 3.8) is 0 Å². The SMILES string of the molecule is Cc1ccccc1OCCN(C)C(=O)[C@H](C)N1CCN(C)CC1. The van der Waals surface area contributed by atoms with Crippen LogP contribution in [0.25, 0.3) is 0 Å². The summed E-state index contributed by atoms with van der Waals surface area (Å²) in [6.45, 7) is 9.11. The van der Waals surface area contributed by atoms with Gasteiger partial charge in [-0.25, -0.2) is 0 Å². The molecule has 0 spiro atoms. The van der Waals surface area contributed by atoms with Gasteiger partial charge in [-0.3, -0.25) is 9.69 Å². The van der Waals surface area contributed by atoms with Crippen molar-refractivity contribution in [1.82, 2.24) is 14.7 Å². The molecule has 1 fully saturated rings. The molecule has 1 aromatic rings. The van der Waals surface area contributed by atoms with Crippen molar-refractivity contribution >= 4 is 5.91 Å². The van der Waals surface area contributed by atoms with Gasteiger partial charge in [-0.05, 0) is 32.5 Å². The summed E-state index contributed by atoms with van der Waals surface area (Å²) in [5.74, 6) is 1.06. The van der Waals surface area contributed by atoms with Gasteiger partial charge in [0.05, 0.1) is 12.6 Å². The van der Waals surface area contributed by atoms with Crippen LogP contribution in [0.5, 0.6) is 5.75 Å². The molecule has 1 aromatic carbocycles. The first-order chi connectivity index (χ1) is 11.0. The van der Waals surface area contributed by atoms with Crippen molar-refractivity contribution < 1.29 is 9.53 Å². The van der Waals surface area contributed by atoms with E-state index in [-0.39, 0.29) is 11.9 Å². The molecule has 1 amide bonds. The van der Waals surface area contributed by atoms with E-state index in [1.165, 1.54) is 0 Å². The molecule has 1 aliphatic heterocycles. The van der Waals surface area contributed by atoms with Gasteiger partial charge in [0.25, 0.3) is 0 Å². The molecule has 0 saturated carbocycles. The summed E-state index contributed by atoms with van der Waals surface area (Å²) in [6, 6.07) is 7.89. The Kier molecular flexibility index (Phi) is 6.42. The van der Waals surface area contributed by atoms with E-state index in [4.69, 9.17) is 4.74 Å². The number of piperazine rings is 1. The fourth-order valence-electron chi connectivity index (χ4n) is 2.81. The second-order valence-corrected chi connectivity index (χ2v) is 6.39. The average molecular weight is 319 g/mol. The normalized spacial score (nSPS) is 17.7. The van der Waals surface area contributed by atoms with Gasteiger partial charge in [-0.15, -0.1) is 0 Å². The van der Waals surface area contributed by atoms with E-state index >= 15 is 0 Å². The van der Waals surface area contributed by atoms with Gasteiger partial charge in [-0.2, -0.15) is 0 Å². The number of carbonyl (C=O) groups is 1. The first kappa shape index (κ1) is 17.8. The van der Waals surface area contributed by atoms with E-state index in [1.807, 2.05) is 45.2 Å². The number of hydrogen-bond donors (Lipinski definition) is 0. The minimum Gasteiger partial charge on any atom is -0.491 e. The third kappa shape index (κ3) is 4.94. The van der Waals surface area contributed by atoms with Crippen LogP contribution < -0.4 is 4.74 Å². The number of carbonyl (C=O) groups excluding carboxylic acids is 1. The summed E-state index contributed by atoms with van der Waals surface area (Å²) in [4.78, 5) is 18.9. The van der Waals surface area contributed by atoms with E-state index in [1.54, 1.807) is 4.90 Å². The quantitative estimate of drug-likeness (QED) is 0.795. The van der Waals surface area contributed by atoms with E-state index in [2.05, 4.69) is 16.8 Å². The standard InChI is InChI=1S/C18H29N3O2/c1-15-7-5-6-8-17(15)23-14-13-20(4)18(22)16(2)21-11-9-19(3)10-12-21/h5-8,16H,9-14H2,1-4H3/t16-/m0/s1. The highest BCUT2D eigenvalue weighted by atomic mass is 16.5. The van der Waals surface area contributed by atoms with Gasteiger partial charge in [0, 0.05) is 33.2 Å². The molecule has 0 bridgehead atoms. The summed E-state index contributed by atoms with van der Waals surface area (Å²) in [7, 11) is 3.98. The zero-order valence-electron chi connectivity index (χ0n) is 14.8. The second kappa shape index (κ2) is 8.31. The third-order valence-electron chi connectivity index (χ3n) is 4.60. The molecule has 0 aliphatic carbocycles. The number of para-hydroxylation sites is 1. The molecule has 0 radical (unpaired) electrons. The molecule has 1 atom stereocenters. The third-order valence-corrected chi connectivity index (χ3v) is 4.60. The Morgan fingerprint density at radius 3 is 2.57 bits per heavy atom. The number of likely N-dealkylation sites (N-methyl/N-ethyl adjacent to an activating group) is 2. The first-order valence-electron chi connectivity index (χ1n) is 8.35. The van der Waals surface area contributed by atoms with E-state index in [0.717, 1.165) is 37.5 Å². The Labute approximate surface area is 139 Å². The van der Waals surface area contributed by atoms with Crippen LogP contribution in [0.2, 0.25) is 0 Å². The van der Waals surface area contributed by atoms with Crippen LogP contribution in [-0.2, 0) is 4.79 Å². The molecule has 5 heteroatoms. The van der Waals surface area contributed by atoms with Crippen LogP contribution in [0, 0.1) is 6.92 Å². The Morgan fingerprint density at radius 1 is 1.26 bits per heavy atom. The van der Waals surface area contributed by atoms with Crippen molar-refractivity contribution in [2.75, 3.05) is 53.4 Å². The van der Waals surface area contributed by atoms with E-state index < -0.39 is 0 Å². The smallest absolute Gasteiger partial charge is 0.239 e. The minimum absolute atomic E-state index is 0.0628. The Morgan fingerprint density at radius 2 is 1.91 bits per heavy atom. The number of aryl methyl sites for hydroxylation is 1. The summed E-state index contributed by atoms with van der Waals surface area (Å²) in [5, 5.41) is 0. The minimum atomic E-state index is -0.0628. The van der Waals surface area contributed by atoms with Crippen LogP contribution in [0.3, 0.4) is 0 Å². The van der Waals surface area contributed by atoms with Crippen molar-refractivity contribution in [3.8, 4) is 5.75 Å². The highest BCUT2D eigenvalue weighted by molar-refractivity contribution is 5.81. The van der Waals surface area contributed by atoms with Gasteiger partial charge in [0.1, 0.15) is 12.4 Å². The van der Waals surface area contributed by atoms with Crippen LogP contribution in [0.4, 0.5) is 0 Å². The van der Waals surface area contributed by atoms with Crippen molar-refractivity contribution in [2.45, 2.75) is 19.9 Å². The molecule has 0 aromatic heterocycles. The second-order valence-electron chi connectivity index (χ2n) is 6.39. The van der Waals surface area contributed by atoms with Gasteiger partial charge in [-0.1, -0.05) is 18.2 Å². The fraction of sp³-hybridized carbons (Fsp3) is 0.611. The number of ether oxygens (including phenoxy) is 1. The molecule has 23 heavy (non-hydrogen) atoms. The molecule has 0 unspecified atom stereocenters. The van der Waals surface area contributed by atoms with E-state index in [9.17, 15) is 4.79 Å². The highest BCUT2D eigenvalue weighted by Gasteiger charge is 2.26. The van der Waals surface area contributed by atoms with Crippen LogP contribution in [-0.4, -0.2) is 80.1 Å². The number of rotatable bonds is 6. The Balaban J connectivity index is 1.77. The van der Waals surface area contributed by atoms with Crippen LogP contribution >= 0.6 is 0 Å². The maximum absolute atomic E-state index is 12.5. The molecule has 1 saturated heterocycles. The maximum Gasteiger partial charge on any atom is 0.239 e. The van der Waals surface area contributed by atoms with Crippen LogP contribution in [0.1, 0.15) is 12.5 Å². The molecule has 1 heterocycles. The molecule has 0 N–H and O–H groups in total. The largest absolute Gasteiger partial charge is 0.491 e. The summed E-state index contributed by atoms with van der Waals surface area (Å²) >= 11 is 0. The van der Waals surface area contributed by atoms with Crippen molar-refractivity contribution in [1.29, 1.82) is 0 Å². The molecule has 128 valence electrons. The number of nitrogens with zero attached hydrogens (tertiary/aromatic N) is 3. The summed E-state index contributed by atoms with van der Waals surface area (Å²) < 4.78 is 5.78. The van der Waals surface area contributed by atoms with Crippen molar-refractivity contribution in [3.05, 3.63) is 29.8 Å². The lowest BCUT2D eigenvalue weighted by Gasteiger charge is -2.37. The monoisotopic (exact) mass is 319 g/mol. The Hall–Kier alpha value is -1.59. The number of amides is 1. The fourth-order valence-corrected chi connectivity index (χ4v) is 2.81. The van der Waals surface area contributed by atoms with E-state index in [0.29, 0.717) is 13.2 Å². The predicted molar refractivity (Wildman–Crippen MR) is 92.8 cm³/mol. The van der Waals surface area contributed by atoms with Gasteiger partial charge < -0.3 is 14.5 Å². The average Bonchev–Trinajstić information content (AvgIpc) is 2.56.